The van der Waals surface area contributed by atoms with Crippen molar-refractivity contribution in [2.24, 2.45) is 0 Å². The monoisotopic (exact) mass is 283 g/mol. The zero-order valence-electron chi connectivity index (χ0n) is 11.6. The van der Waals surface area contributed by atoms with Crippen LogP contribution in [0.4, 0.5) is 0 Å². The summed E-state index contributed by atoms with van der Waals surface area (Å²) in [5.74, 6) is 0.982. The number of nitrogens with one attached hydrogen (secondary N) is 1. The van der Waals surface area contributed by atoms with E-state index in [0.29, 0.717) is 0 Å². The molecule has 3 aromatic rings. The van der Waals surface area contributed by atoms with Crippen LogP contribution in [0.15, 0.2) is 62.7 Å². The summed E-state index contributed by atoms with van der Waals surface area (Å²) >= 11 is 1.78. The first kappa shape index (κ1) is 13.3. The maximum absolute atomic E-state index is 5.83. The molecule has 1 N–H and O–H groups in total. The van der Waals surface area contributed by atoms with E-state index in [1.807, 2.05) is 26.1 Å². The summed E-state index contributed by atoms with van der Waals surface area (Å²) in [7, 11) is 1.97. The molecular weight excluding hydrogens is 266 g/mol. The molecule has 102 valence electrons. The number of para-hydroxylation sites is 1. The van der Waals surface area contributed by atoms with Crippen LogP contribution in [0.3, 0.4) is 0 Å². The second-order valence-corrected chi connectivity index (χ2v) is 5.78. The molecule has 0 fully saturated rings. The van der Waals surface area contributed by atoms with E-state index < -0.39 is 0 Å². The van der Waals surface area contributed by atoms with Crippen LogP contribution >= 0.6 is 11.8 Å². The standard InChI is InChI=1S/C17H17NOS/c1-12-17(14-8-4-5-9-15(14)19-12)20-16-10-6-3-7-13(16)11-18-2/h3-10,18H,11H2,1-2H3. The molecule has 3 rings (SSSR count). The van der Waals surface area contributed by atoms with Crippen LogP contribution < -0.4 is 5.32 Å². The highest BCUT2D eigenvalue weighted by molar-refractivity contribution is 7.99. The Hall–Kier alpha value is -1.71. The van der Waals surface area contributed by atoms with Crippen LogP contribution in [-0.2, 0) is 6.54 Å². The molecule has 0 radical (unpaired) electrons. The van der Waals surface area contributed by atoms with Crippen LogP contribution in [0.1, 0.15) is 11.3 Å². The number of furan rings is 1. The van der Waals surface area contributed by atoms with E-state index in [2.05, 4.69) is 41.7 Å². The second-order valence-electron chi connectivity index (χ2n) is 4.72. The first-order valence-corrected chi connectivity index (χ1v) is 7.49. The number of rotatable bonds is 4. The molecule has 2 nitrogen and oxygen atoms in total. The first-order chi connectivity index (χ1) is 9.79. The van der Waals surface area contributed by atoms with E-state index in [9.17, 15) is 0 Å². The van der Waals surface area contributed by atoms with Crippen LogP contribution in [0, 0.1) is 6.92 Å². The highest BCUT2D eigenvalue weighted by Crippen LogP contribution is 2.39. The van der Waals surface area contributed by atoms with Crippen molar-refractivity contribution < 1.29 is 4.42 Å². The van der Waals surface area contributed by atoms with Gasteiger partial charge in [-0.05, 0) is 37.7 Å². The lowest BCUT2D eigenvalue weighted by molar-refractivity contribution is 0.568. The Kier molecular flexibility index (Phi) is 3.81. The van der Waals surface area contributed by atoms with Gasteiger partial charge in [0, 0.05) is 16.8 Å². The first-order valence-electron chi connectivity index (χ1n) is 6.68. The van der Waals surface area contributed by atoms with Gasteiger partial charge in [-0.25, -0.2) is 0 Å². The fourth-order valence-electron chi connectivity index (χ4n) is 2.32. The van der Waals surface area contributed by atoms with E-state index in [4.69, 9.17) is 4.42 Å². The quantitative estimate of drug-likeness (QED) is 0.757. The normalized spacial score (nSPS) is 11.1. The Labute approximate surface area is 123 Å². The van der Waals surface area contributed by atoms with E-state index >= 15 is 0 Å². The Morgan fingerprint density at radius 3 is 2.65 bits per heavy atom. The van der Waals surface area contributed by atoms with Crippen molar-refractivity contribution in [3.8, 4) is 0 Å². The Morgan fingerprint density at radius 2 is 1.80 bits per heavy atom. The van der Waals surface area contributed by atoms with Crippen LogP contribution in [0.25, 0.3) is 11.0 Å². The van der Waals surface area contributed by atoms with Gasteiger partial charge in [0.05, 0.1) is 4.90 Å². The minimum absolute atomic E-state index is 0.873. The molecule has 0 aliphatic rings. The molecule has 2 aromatic carbocycles. The Balaban J connectivity index is 2.03. The molecule has 0 amide bonds. The van der Waals surface area contributed by atoms with Crippen molar-refractivity contribution >= 4 is 22.7 Å². The molecule has 0 saturated carbocycles. The average Bonchev–Trinajstić information content (AvgIpc) is 2.78. The van der Waals surface area contributed by atoms with Crippen LogP contribution in [-0.4, -0.2) is 7.05 Å². The minimum atomic E-state index is 0.873. The summed E-state index contributed by atoms with van der Waals surface area (Å²) in [6, 6.07) is 16.7. The smallest absolute Gasteiger partial charge is 0.135 e. The highest BCUT2D eigenvalue weighted by Gasteiger charge is 2.13. The average molecular weight is 283 g/mol. The fraction of sp³-hybridized carbons (Fsp3) is 0.176. The predicted octanol–water partition coefficient (Wildman–Crippen LogP) is 4.61. The molecule has 0 unspecified atom stereocenters. The van der Waals surface area contributed by atoms with Crippen LogP contribution in [0.5, 0.6) is 0 Å². The summed E-state index contributed by atoms with van der Waals surface area (Å²) in [5.41, 5.74) is 2.27. The summed E-state index contributed by atoms with van der Waals surface area (Å²) in [4.78, 5) is 2.49. The number of fused-ring (bicyclic) bond motifs is 1. The van der Waals surface area contributed by atoms with E-state index in [1.54, 1.807) is 11.8 Å². The van der Waals surface area contributed by atoms with Gasteiger partial charge in [-0.15, -0.1) is 0 Å². The van der Waals surface area contributed by atoms with Crippen molar-refractivity contribution in [1.82, 2.24) is 5.32 Å². The number of aryl methyl sites for hydroxylation is 1. The molecule has 1 aromatic heterocycles. The second kappa shape index (κ2) is 5.73. The summed E-state index contributed by atoms with van der Waals surface area (Å²) in [5, 5.41) is 4.41. The number of hydrogen-bond acceptors (Lipinski definition) is 3. The summed E-state index contributed by atoms with van der Waals surface area (Å²) < 4.78 is 5.83. The van der Waals surface area contributed by atoms with Crippen molar-refractivity contribution in [1.29, 1.82) is 0 Å². The molecule has 0 bridgehead atoms. The van der Waals surface area contributed by atoms with Gasteiger partial charge >= 0.3 is 0 Å². The third-order valence-electron chi connectivity index (χ3n) is 3.27. The van der Waals surface area contributed by atoms with E-state index in [0.717, 1.165) is 17.9 Å². The summed E-state index contributed by atoms with van der Waals surface area (Å²) in [6.45, 7) is 2.90. The molecule has 0 aliphatic carbocycles. The van der Waals surface area contributed by atoms with Gasteiger partial charge in [-0.3, -0.25) is 0 Å². The summed E-state index contributed by atoms with van der Waals surface area (Å²) in [6.07, 6.45) is 0. The fourth-order valence-corrected chi connectivity index (χ4v) is 3.42. The van der Waals surface area contributed by atoms with Gasteiger partial charge in [-0.1, -0.05) is 42.1 Å². The number of hydrogen-bond donors (Lipinski definition) is 1. The molecule has 0 spiro atoms. The zero-order valence-corrected chi connectivity index (χ0v) is 12.5. The van der Waals surface area contributed by atoms with Gasteiger partial charge < -0.3 is 9.73 Å². The van der Waals surface area contributed by atoms with Crippen molar-refractivity contribution in [2.75, 3.05) is 7.05 Å². The molecular formula is C17H17NOS. The zero-order chi connectivity index (χ0) is 13.9. The maximum Gasteiger partial charge on any atom is 0.135 e. The van der Waals surface area contributed by atoms with Crippen molar-refractivity contribution in [2.45, 2.75) is 23.3 Å². The van der Waals surface area contributed by atoms with Crippen LogP contribution in [0.2, 0.25) is 0 Å². The molecule has 0 saturated heterocycles. The predicted molar refractivity (Wildman–Crippen MR) is 84.3 cm³/mol. The molecule has 0 atom stereocenters. The largest absolute Gasteiger partial charge is 0.460 e. The van der Waals surface area contributed by atoms with Gasteiger partial charge in [0.15, 0.2) is 0 Å². The molecule has 20 heavy (non-hydrogen) atoms. The third-order valence-corrected chi connectivity index (χ3v) is 4.60. The topological polar surface area (TPSA) is 25.2 Å². The molecule has 3 heteroatoms. The lowest BCUT2D eigenvalue weighted by Gasteiger charge is -2.08. The lowest BCUT2D eigenvalue weighted by atomic mass is 10.2. The van der Waals surface area contributed by atoms with Gasteiger partial charge in [0.25, 0.3) is 0 Å². The molecule has 1 heterocycles. The highest BCUT2D eigenvalue weighted by atomic mass is 32.2. The minimum Gasteiger partial charge on any atom is -0.460 e. The lowest BCUT2D eigenvalue weighted by Crippen LogP contribution is -2.05. The van der Waals surface area contributed by atoms with E-state index in [1.165, 1.54) is 20.7 Å². The Morgan fingerprint density at radius 1 is 1.05 bits per heavy atom. The van der Waals surface area contributed by atoms with E-state index in [-0.39, 0.29) is 0 Å². The van der Waals surface area contributed by atoms with Gasteiger partial charge in [-0.2, -0.15) is 0 Å². The SMILES string of the molecule is CNCc1ccccc1Sc1c(C)oc2ccccc12. The van der Waals surface area contributed by atoms with Gasteiger partial charge in [0.1, 0.15) is 11.3 Å². The van der Waals surface area contributed by atoms with Crippen molar-refractivity contribution in [3.63, 3.8) is 0 Å². The van der Waals surface area contributed by atoms with Gasteiger partial charge in [0.2, 0.25) is 0 Å². The maximum atomic E-state index is 5.83. The third kappa shape index (κ3) is 2.47. The number of benzene rings is 2. The molecule has 0 aliphatic heterocycles. The Bertz CT molecular complexity index is 733. The van der Waals surface area contributed by atoms with Crippen molar-refractivity contribution in [3.05, 3.63) is 59.9 Å².